The minimum Gasteiger partial charge on any atom is -0.497 e. The molecule has 1 fully saturated rings. The number of nitrogens with one attached hydrogen (secondary N) is 2. The number of hydrogen-bond acceptors (Lipinski definition) is 5. The number of anilines is 2. The number of amides is 2. The first-order chi connectivity index (χ1) is 14.0. The highest BCUT2D eigenvalue weighted by Crippen LogP contribution is 2.30. The zero-order valence-electron chi connectivity index (χ0n) is 15.8. The summed E-state index contributed by atoms with van der Waals surface area (Å²) in [5, 5.41) is 7.00. The van der Waals surface area contributed by atoms with E-state index in [-0.39, 0.29) is 24.8 Å². The van der Waals surface area contributed by atoms with E-state index < -0.39 is 0 Å². The quantitative estimate of drug-likeness (QED) is 0.671. The number of rotatable bonds is 5. The van der Waals surface area contributed by atoms with Crippen LogP contribution in [0.4, 0.5) is 11.4 Å². The van der Waals surface area contributed by atoms with Crippen LogP contribution >= 0.6 is 11.6 Å². The van der Waals surface area contributed by atoms with Gasteiger partial charge in [-0.25, -0.2) is 0 Å². The van der Waals surface area contributed by atoms with Gasteiger partial charge in [0.05, 0.1) is 37.0 Å². The van der Waals surface area contributed by atoms with Gasteiger partial charge in [-0.3, -0.25) is 9.59 Å². The number of methoxy groups -OCH3 is 1. The second-order valence-electron chi connectivity index (χ2n) is 6.79. The van der Waals surface area contributed by atoms with Crippen molar-refractivity contribution >= 4 is 45.8 Å². The molecule has 0 atom stereocenters. The van der Waals surface area contributed by atoms with Crippen LogP contribution in [-0.4, -0.2) is 38.6 Å². The van der Waals surface area contributed by atoms with Crippen LogP contribution in [0.25, 0.3) is 11.0 Å². The summed E-state index contributed by atoms with van der Waals surface area (Å²) < 4.78 is 10.7. The summed E-state index contributed by atoms with van der Waals surface area (Å²) >= 11 is 6.39. The van der Waals surface area contributed by atoms with E-state index in [4.69, 9.17) is 20.8 Å². The molecule has 1 aromatic heterocycles. The van der Waals surface area contributed by atoms with Gasteiger partial charge in [0.25, 0.3) is 0 Å². The summed E-state index contributed by atoms with van der Waals surface area (Å²) in [6.07, 6.45) is 1.76. The largest absolute Gasteiger partial charge is 0.497 e. The van der Waals surface area contributed by atoms with Crippen LogP contribution in [0.5, 0.6) is 5.75 Å². The highest BCUT2D eigenvalue weighted by atomic mass is 35.5. The van der Waals surface area contributed by atoms with Gasteiger partial charge in [-0.15, -0.1) is 0 Å². The molecule has 150 valence electrons. The molecule has 7 nitrogen and oxygen atoms in total. The van der Waals surface area contributed by atoms with Crippen LogP contribution in [0.3, 0.4) is 0 Å². The fourth-order valence-corrected chi connectivity index (χ4v) is 3.69. The van der Waals surface area contributed by atoms with Crippen molar-refractivity contribution in [3.05, 3.63) is 53.2 Å². The van der Waals surface area contributed by atoms with Crippen molar-refractivity contribution in [1.29, 1.82) is 0 Å². The molecule has 0 aliphatic carbocycles. The smallest absolute Gasteiger partial charge is 0.239 e. The van der Waals surface area contributed by atoms with Gasteiger partial charge >= 0.3 is 0 Å². The average Bonchev–Trinajstić information content (AvgIpc) is 3.09. The van der Waals surface area contributed by atoms with Crippen LogP contribution in [0, 0.1) is 0 Å². The highest BCUT2D eigenvalue weighted by molar-refractivity contribution is 6.33. The molecule has 4 rings (SSSR count). The SMILES string of the molecule is COc1ccc2c(CC(=O)Nc3ccc(N4CCNC(=O)C4)c(Cl)c3)coc2c1. The van der Waals surface area contributed by atoms with Crippen molar-refractivity contribution in [3.8, 4) is 5.75 Å². The molecule has 1 saturated heterocycles. The minimum atomic E-state index is -0.176. The molecule has 2 N–H and O–H groups in total. The van der Waals surface area contributed by atoms with E-state index in [1.54, 1.807) is 31.6 Å². The molecule has 8 heteroatoms. The first-order valence-electron chi connectivity index (χ1n) is 9.18. The van der Waals surface area contributed by atoms with E-state index in [0.717, 1.165) is 16.6 Å². The van der Waals surface area contributed by atoms with E-state index in [1.807, 2.05) is 23.1 Å². The second kappa shape index (κ2) is 8.05. The fraction of sp³-hybridized carbons (Fsp3) is 0.238. The molecule has 2 aromatic carbocycles. The summed E-state index contributed by atoms with van der Waals surface area (Å²) in [6.45, 7) is 1.54. The van der Waals surface area contributed by atoms with Gasteiger partial charge in [0, 0.05) is 35.8 Å². The number of benzene rings is 2. The highest BCUT2D eigenvalue weighted by Gasteiger charge is 2.19. The van der Waals surface area contributed by atoms with E-state index in [0.29, 0.717) is 35.1 Å². The molecular weight excluding hydrogens is 394 g/mol. The Morgan fingerprint density at radius 1 is 1.31 bits per heavy atom. The molecule has 1 aliphatic heterocycles. The maximum Gasteiger partial charge on any atom is 0.239 e. The standard InChI is InChI=1S/C21H20ClN3O4/c1-28-15-3-4-16-13(12-29-19(16)10-15)8-20(26)24-14-2-5-18(17(22)9-14)25-7-6-23-21(27)11-25/h2-5,9-10,12H,6-8,11H2,1H3,(H,23,27)(H,24,26). The number of piperazine rings is 1. The Kier molecular flexibility index (Phi) is 5.31. The van der Waals surface area contributed by atoms with Crippen molar-refractivity contribution in [2.75, 3.05) is 37.0 Å². The summed E-state index contributed by atoms with van der Waals surface area (Å²) in [7, 11) is 1.59. The zero-order chi connectivity index (χ0) is 20.4. The van der Waals surface area contributed by atoms with E-state index in [9.17, 15) is 9.59 Å². The second-order valence-corrected chi connectivity index (χ2v) is 7.19. The molecule has 2 heterocycles. The zero-order valence-corrected chi connectivity index (χ0v) is 16.6. The van der Waals surface area contributed by atoms with Gasteiger partial charge in [-0.05, 0) is 30.3 Å². The van der Waals surface area contributed by atoms with Crippen LogP contribution in [-0.2, 0) is 16.0 Å². The molecule has 2 amide bonds. The lowest BCUT2D eigenvalue weighted by molar-refractivity contribution is -0.120. The van der Waals surface area contributed by atoms with Crippen LogP contribution in [0.15, 0.2) is 47.1 Å². The number of ether oxygens (including phenoxy) is 1. The Hall–Kier alpha value is -3.19. The third kappa shape index (κ3) is 4.14. The van der Waals surface area contributed by atoms with Gasteiger partial charge in [0.15, 0.2) is 0 Å². The maximum atomic E-state index is 12.5. The van der Waals surface area contributed by atoms with Crippen molar-refractivity contribution < 1.29 is 18.7 Å². The summed E-state index contributed by atoms with van der Waals surface area (Å²) in [5.74, 6) is 0.489. The number of fused-ring (bicyclic) bond motifs is 1. The average molecular weight is 414 g/mol. The van der Waals surface area contributed by atoms with Gasteiger partial charge < -0.3 is 24.7 Å². The van der Waals surface area contributed by atoms with Crippen LogP contribution in [0.2, 0.25) is 5.02 Å². The van der Waals surface area contributed by atoms with Gasteiger partial charge in [-0.2, -0.15) is 0 Å². The normalized spacial score (nSPS) is 14.0. The Morgan fingerprint density at radius 3 is 2.93 bits per heavy atom. The molecule has 1 aliphatic rings. The topological polar surface area (TPSA) is 83.8 Å². The Morgan fingerprint density at radius 2 is 2.17 bits per heavy atom. The molecular formula is C21H20ClN3O4. The van der Waals surface area contributed by atoms with Gasteiger partial charge in [0.2, 0.25) is 11.8 Å². The molecule has 29 heavy (non-hydrogen) atoms. The Labute approximate surface area is 172 Å². The first-order valence-corrected chi connectivity index (χ1v) is 9.56. The summed E-state index contributed by atoms with van der Waals surface area (Å²) in [4.78, 5) is 26.0. The number of furan rings is 1. The van der Waals surface area contributed by atoms with E-state index >= 15 is 0 Å². The van der Waals surface area contributed by atoms with Crippen molar-refractivity contribution in [1.82, 2.24) is 5.32 Å². The third-order valence-corrected chi connectivity index (χ3v) is 5.13. The number of carbonyl (C=O) groups is 2. The summed E-state index contributed by atoms with van der Waals surface area (Å²) in [6, 6.07) is 10.8. The van der Waals surface area contributed by atoms with E-state index in [1.165, 1.54) is 0 Å². The molecule has 0 radical (unpaired) electrons. The number of nitrogens with zero attached hydrogens (tertiary/aromatic N) is 1. The monoisotopic (exact) mass is 413 g/mol. The Bertz CT molecular complexity index is 1080. The lowest BCUT2D eigenvalue weighted by Gasteiger charge is -2.29. The van der Waals surface area contributed by atoms with Gasteiger partial charge in [0.1, 0.15) is 11.3 Å². The van der Waals surface area contributed by atoms with Crippen molar-refractivity contribution in [2.24, 2.45) is 0 Å². The lowest BCUT2D eigenvalue weighted by Crippen LogP contribution is -2.47. The Balaban J connectivity index is 1.44. The number of hydrogen-bond donors (Lipinski definition) is 2. The van der Waals surface area contributed by atoms with Crippen LogP contribution in [0.1, 0.15) is 5.56 Å². The maximum absolute atomic E-state index is 12.5. The fourth-order valence-electron chi connectivity index (χ4n) is 3.39. The predicted octanol–water partition coefficient (Wildman–Crippen LogP) is 3.21. The molecule has 0 spiro atoms. The third-order valence-electron chi connectivity index (χ3n) is 4.82. The first kappa shape index (κ1) is 19.1. The number of halogens is 1. The van der Waals surface area contributed by atoms with Crippen LogP contribution < -0.4 is 20.3 Å². The molecule has 3 aromatic rings. The number of carbonyl (C=O) groups excluding carboxylic acids is 2. The van der Waals surface area contributed by atoms with Crippen molar-refractivity contribution in [3.63, 3.8) is 0 Å². The predicted molar refractivity (Wildman–Crippen MR) is 112 cm³/mol. The molecule has 0 saturated carbocycles. The van der Waals surface area contributed by atoms with Crippen molar-refractivity contribution in [2.45, 2.75) is 6.42 Å². The summed E-state index contributed by atoms with van der Waals surface area (Å²) in [5.41, 5.74) is 2.83. The van der Waals surface area contributed by atoms with E-state index in [2.05, 4.69) is 10.6 Å². The lowest BCUT2D eigenvalue weighted by atomic mass is 10.1. The molecule has 0 bridgehead atoms. The molecule has 0 unspecified atom stereocenters. The minimum absolute atomic E-state index is 0.0327. The van der Waals surface area contributed by atoms with Gasteiger partial charge in [-0.1, -0.05) is 11.6 Å².